The molecule has 2 nitrogen and oxygen atoms in total. The van der Waals surface area contributed by atoms with Gasteiger partial charge in [0.2, 0.25) is 0 Å². The fourth-order valence-electron chi connectivity index (χ4n) is 1.89. The third kappa shape index (κ3) is 11.3. The van der Waals surface area contributed by atoms with Crippen molar-refractivity contribution in [2.45, 2.75) is 40.5 Å². The Morgan fingerprint density at radius 3 is 1.37 bits per heavy atom. The molecule has 0 aliphatic carbocycles. The second-order valence-corrected chi connectivity index (χ2v) is 5.33. The van der Waals surface area contributed by atoms with Crippen LogP contribution in [0.1, 0.15) is 40.5 Å². The van der Waals surface area contributed by atoms with E-state index in [9.17, 15) is 0 Å². The first-order chi connectivity index (χ1) is 9.28. The van der Waals surface area contributed by atoms with Crippen LogP contribution in [0.15, 0.2) is 23.0 Å². The van der Waals surface area contributed by atoms with Crippen molar-refractivity contribution in [2.75, 3.05) is 39.3 Å². The molecule has 0 radical (unpaired) electrons. The largest absolute Gasteiger partial charge is 0.304 e. The van der Waals surface area contributed by atoms with Gasteiger partial charge in [0.15, 0.2) is 0 Å². The standard InChI is InChI=1S/C16H32N2S/c1-5-17(6-2)13-9-11-15-19-16-12-10-14-18(7-3)8-4/h11-12,15-16H,5-10,13-14H2,1-4H3. The fourth-order valence-corrected chi connectivity index (χ4v) is 2.47. The maximum atomic E-state index is 2.45. The molecule has 112 valence electrons. The lowest BCUT2D eigenvalue weighted by molar-refractivity contribution is 0.310. The van der Waals surface area contributed by atoms with Crippen molar-refractivity contribution in [2.24, 2.45) is 0 Å². The van der Waals surface area contributed by atoms with Gasteiger partial charge < -0.3 is 9.80 Å². The average molecular weight is 285 g/mol. The summed E-state index contributed by atoms with van der Waals surface area (Å²) in [6, 6.07) is 0. The highest BCUT2D eigenvalue weighted by Gasteiger charge is 1.95. The van der Waals surface area contributed by atoms with E-state index in [0.29, 0.717) is 0 Å². The molecule has 0 saturated heterocycles. The molecule has 0 N–H and O–H groups in total. The first-order valence-electron chi connectivity index (χ1n) is 7.68. The molecule has 0 saturated carbocycles. The summed E-state index contributed by atoms with van der Waals surface area (Å²) in [4.78, 5) is 4.91. The average Bonchev–Trinajstić information content (AvgIpc) is 2.45. The topological polar surface area (TPSA) is 6.48 Å². The van der Waals surface area contributed by atoms with Crippen LogP contribution in [-0.4, -0.2) is 49.1 Å². The van der Waals surface area contributed by atoms with Gasteiger partial charge in [-0.1, -0.05) is 39.8 Å². The predicted molar refractivity (Wildman–Crippen MR) is 90.7 cm³/mol. The number of nitrogens with zero attached hydrogens (tertiary/aromatic N) is 2. The molecule has 0 aromatic carbocycles. The Bertz CT molecular complexity index is 207. The summed E-state index contributed by atoms with van der Waals surface area (Å²) in [7, 11) is 0. The molecular weight excluding hydrogens is 252 g/mol. The van der Waals surface area contributed by atoms with Gasteiger partial charge in [0.1, 0.15) is 0 Å². The maximum Gasteiger partial charge on any atom is 0.00160 e. The number of rotatable bonds is 12. The number of hydrogen-bond donors (Lipinski definition) is 0. The van der Waals surface area contributed by atoms with Crippen molar-refractivity contribution >= 4 is 11.8 Å². The summed E-state index contributed by atoms with van der Waals surface area (Å²) >= 11 is 1.79. The molecule has 0 aliphatic heterocycles. The SMILES string of the molecule is CCN(CC)CCC=CSC=CCCN(CC)CC. The van der Waals surface area contributed by atoms with E-state index in [-0.39, 0.29) is 0 Å². The monoisotopic (exact) mass is 284 g/mol. The lowest BCUT2D eigenvalue weighted by atomic mass is 10.4. The first-order valence-corrected chi connectivity index (χ1v) is 8.62. The molecule has 0 aliphatic rings. The van der Waals surface area contributed by atoms with Crippen LogP contribution in [0.25, 0.3) is 0 Å². The van der Waals surface area contributed by atoms with Gasteiger partial charge in [0.05, 0.1) is 0 Å². The van der Waals surface area contributed by atoms with E-state index in [1.54, 1.807) is 11.8 Å². The lowest BCUT2D eigenvalue weighted by Crippen LogP contribution is -2.23. The second kappa shape index (κ2) is 14.2. The van der Waals surface area contributed by atoms with Crippen molar-refractivity contribution in [3.63, 3.8) is 0 Å². The quantitative estimate of drug-likeness (QED) is 0.530. The van der Waals surface area contributed by atoms with E-state index in [4.69, 9.17) is 0 Å². The number of thioether (sulfide) groups is 1. The van der Waals surface area contributed by atoms with Gasteiger partial charge >= 0.3 is 0 Å². The van der Waals surface area contributed by atoms with E-state index >= 15 is 0 Å². The molecule has 0 bridgehead atoms. The van der Waals surface area contributed by atoms with Gasteiger partial charge in [-0.3, -0.25) is 0 Å². The van der Waals surface area contributed by atoms with E-state index in [2.05, 4.69) is 60.5 Å². The Balaban J connectivity index is 3.51. The third-order valence-electron chi connectivity index (χ3n) is 3.36. The van der Waals surface area contributed by atoms with Crippen LogP contribution in [0.5, 0.6) is 0 Å². The predicted octanol–water partition coefficient (Wildman–Crippen LogP) is 4.21. The summed E-state index contributed by atoms with van der Waals surface area (Å²) in [6.45, 7) is 15.9. The smallest absolute Gasteiger partial charge is 0.00160 e. The summed E-state index contributed by atoms with van der Waals surface area (Å²) in [5.74, 6) is 0. The van der Waals surface area contributed by atoms with E-state index in [0.717, 1.165) is 39.0 Å². The van der Waals surface area contributed by atoms with E-state index in [1.807, 2.05) is 0 Å². The van der Waals surface area contributed by atoms with E-state index < -0.39 is 0 Å². The van der Waals surface area contributed by atoms with Gasteiger partial charge in [-0.05, 0) is 49.8 Å². The maximum absolute atomic E-state index is 2.45. The highest BCUT2D eigenvalue weighted by molar-refractivity contribution is 8.04. The molecule has 0 atom stereocenters. The lowest BCUT2D eigenvalue weighted by Gasteiger charge is -2.16. The minimum absolute atomic E-state index is 1.15. The van der Waals surface area contributed by atoms with Crippen LogP contribution < -0.4 is 0 Å². The number of hydrogen-bond acceptors (Lipinski definition) is 3. The molecular formula is C16H32N2S. The minimum atomic E-state index is 1.15. The van der Waals surface area contributed by atoms with Crippen LogP contribution in [0.2, 0.25) is 0 Å². The van der Waals surface area contributed by atoms with Gasteiger partial charge in [0.25, 0.3) is 0 Å². The summed E-state index contributed by atoms with van der Waals surface area (Å²) in [5, 5.41) is 4.41. The molecule has 0 rings (SSSR count). The van der Waals surface area contributed by atoms with Gasteiger partial charge in [0, 0.05) is 13.1 Å². The van der Waals surface area contributed by atoms with Crippen LogP contribution in [0.3, 0.4) is 0 Å². The molecule has 0 unspecified atom stereocenters. The fraction of sp³-hybridized carbons (Fsp3) is 0.750. The minimum Gasteiger partial charge on any atom is -0.304 e. The van der Waals surface area contributed by atoms with Crippen LogP contribution in [0.4, 0.5) is 0 Å². The van der Waals surface area contributed by atoms with Crippen LogP contribution >= 0.6 is 11.8 Å². The Labute approximate surface area is 124 Å². The van der Waals surface area contributed by atoms with Crippen LogP contribution in [0, 0.1) is 0 Å². The van der Waals surface area contributed by atoms with Crippen molar-refractivity contribution in [1.82, 2.24) is 9.80 Å². The van der Waals surface area contributed by atoms with Crippen molar-refractivity contribution in [1.29, 1.82) is 0 Å². The third-order valence-corrected chi connectivity index (χ3v) is 4.06. The molecule has 0 fully saturated rings. The second-order valence-electron chi connectivity index (χ2n) is 4.51. The van der Waals surface area contributed by atoms with Gasteiger partial charge in [-0.25, -0.2) is 0 Å². The summed E-state index contributed by atoms with van der Waals surface area (Å²) in [6.07, 6.45) is 6.86. The van der Waals surface area contributed by atoms with Gasteiger partial charge in [-0.2, -0.15) is 0 Å². The van der Waals surface area contributed by atoms with Crippen molar-refractivity contribution in [3.8, 4) is 0 Å². The van der Waals surface area contributed by atoms with Crippen molar-refractivity contribution < 1.29 is 0 Å². The normalized spacial score (nSPS) is 12.5. The molecule has 0 spiro atoms. The molecule has 19 heavy (non-hydrogen) atoms. The Morgan fingerprint density at radius 1 is 0.684 bits per heavy atom. The highest BCUT2D eigenvalue weighted by Crippen LogP contribution is 2.06. The van der Waals surface area contributed by atoms with Crippen molar-refractivity contribution in [3.05, 3.63) is 23.0 Å². The zero-order valence-corrected chi connectivity index (χ0v) is 14.1. The Hall–Kier alpha value is -0.250. The summed E-state index contributed by atoms with van der Waals surface area (Å²) < 4.78 is 0. The molecule has 0 amide bonds. The zero-order valence-electron chi connectivity index (χ0n) is 13.3. The van der Waals surface area contributed by atoms with Crippen LogP contribution in [-0.2, 0) is 0 Å². The highest BCUT2D eigenvalue weighted by atomic mass is 32.2. The Morgan fingerprint density at radius 2 is 1.05 bits per heavy atom. The Kier molecular flexibility index (Phi) is 14.0. The first kappa shape index (κ1) is 18.8. The molecule has 0 aromatic rings. The molecule has 0 aromatic heterocycles. The summed E-state index contributed by atoms with van der Waals surface area (Å²) in [5.41, 5.74) is 0. The zero-order chi connectivity index (χ0) is 14.3. The van der Waals surface area contributed by atoms with E-state index in [1.165, 1.54) is 13.1 Å². The molecule has 0 heterocycles. The molecule has 3 heteroatoms. The van der Waals surface area contributed by atoms with Gasteiger partial charge in [-0.15, -0.1) is 11.8 Å².